The summed E-state index contributed by atoms with van der Waals surface area (Å²) in [7, 11) is 0. The Morgan fingerprint density at radius 2 is 1.48 bits per heavy atom. The number of aromatic nitrogens is 1. The zero-order chi connectivity index (χ0) is 21.4. The molecular formula is C26H17FN2O2. The van der Waals surface area contributed by atoms with Crippen molar-refractivity contribution < 1.29 is 14.0 Å². The number of fused-ring (bicyclic) bond motifs is 3. The maximum atomic E-state index is 14.0. The first-order chi connectivity index (χ1) is 15.1. The van der Waals surface area contributed by atoms with Crippen LogP contribution in [0.4, 0.5) is 10.1 Å². The molecule has 150 valence electrons. The minimum Gasteiger partial charge on any atom is -0.317 e. The molecule has 0 saturated heterocycles. The van der Waals surface area contributed by atoms with Crippen molar-refractivity contribution >= 4 is 33.8 Å². The minimum absolute atomic E-state index is 0.0344. The Labute approximate surface area is 177 Å². The van der Waals surface area contributed by atoms with Crippen LogP contribution >= 0.6 is 0 Å². The smallest absolute Gasteiger partial charge is 0.298 e. The molecule has 0 aliphatic heterocycles. The Hall–Kier alpha value is -4.25. The first kappa shape index (κ1) is 18.8. The number of carbonyl (C=O) groups excluding carboxylic acids is 2. The predicted molar refractivity (Wildman–Crippen MR) is 120 cm³/mol. The van der Waals surface area contributed by atoms with E-state index in [1.54, 1.807) is 10.5 Å². The molecule has 1 amide bonds. The molecule has 5 rings (SSSR count). The highest BCUT2D eigenvalue weighted by Crippen LogP contribution is 2.31. The summed E-state index contributed by atoms with van der Waals surface area (Å²) in [6.45, 7) is 0. The lowest BCUT2D eigenvalue weighted by Gasteiger charge is -2.10. The molecule has 0 saturated carbocycles. The van der Waals surface area contributed by atoms with E-state index in [-0.39, 0.29) is 11.4 Å². The second-order valence-corrected chi connectivity index (χ2v) is 7.19. The molecule has 3 aromatic carbocycles. The van der Waals surface area contributed by atoms with Crippen molar-refractivity contribution in [2.24, 2.45) is 0 Å². The van der Waals surface area contributed by atoms with Crippen LogP contribution in [0.15, 0.2) is 97.1 Å². The van der Waals surface area contributed by atoms with Crippen LogP contribution in [-0.4, -0.2) is 16.1 Å². The molecule has 31 heavy (non-hydrogen) atoms. The molecule has 4 nitrogen and oxygen atoms in total. The number of carbonyl (C=O) groups is 2. The van der Waals surface area contributed by atoms with Crippen LogP contribution in [0.3, 0.4) is 0 Å². The van der Waals surface area contributed by atoms with Gasteiger partial charge in [0, 0.05) is 11.1 Å². The Morgan fingerprint density at radius 1 is 0.774 bits per heavy atom. The van der Waals surface area contributed by atoms with Gasteiger partial charge in [0.05, 0.1) is 11.2 Å². The third-order valence-electron chi connectivity index (χ3n) is 5.27. The summed E-state index contributed by atoms with van der Waals surface area (Å²) in [6.07, 6.45) is 0. The highest BCUT2D eigenvalue weighted by Gasteiger charge is 2.26. The first-order valence-electron chi connectivity index (χ1n) is 9.82. The van der Waals surface area contributed by atoms with Gasteiger partial charge in [0.25, 0.3) is 11.7 Å². The number of benzene rings is 3. The zero-order valence-corrected chi connectivity index (χ0v) is 16.4. The van der Waals surface area contributed by atoms with Crippen molar-refractivity contribution in [3.63, 3.8) is 0 Å². The van der Waals surface area contributed by atoms with Gasteiger partial charge in [-0.25, -0.2) is 4.39 Å². The standard InChI is InChI=1S/C26H17FN2O2/c27-21-11-5-6-12-22(21)28-26(31)25(30)24-20(17-8-2-1-3-9-17)16-19-15-14-18-10-4-7-13-23(18)29(19)24/h1-16H,(H,28,31). The van der Waals surface area contributed by atoms with Gasteiger partial charge < -0.3 is 9.72 Å². The van der Waals surface area contributed by atoms with Crippen molar-refractivity contribution in [1.82, 2.24) is 4.40 Å². The van der Waals surface area contributed by atoms with Crippen LogP contribution in [0.25, 0.3) is 27.5 Å². The number of hydrogen-bond acceptors (Lipinski definition) is 2. The fraction of sp³-hybridized carbons (Fsp3) is 0. The van der Waals surface area contributed by atoms with Gasteiger partial charge in [0.1, 0.15) is 11.5 Å². The van der Waals surface area contributed by atoms with E-state index in [1.807, 2.05) is 72.8 Å². The van der Waals surface area contributed by atoms with Crippen molar-refractivity contribution in [3.05, 3.63) is 109 Å². The Morgan fingerprint density at radius 3 is 2.29 bits per heavy atom. The number of nitrogens with zero attached hydrogens (tertiary/aromatic N) is 1. The molecule has 0 bridgehead atoms. The average Bonchev–Trinajstić information content (AvgIpc) is 3.21. The fourth-order valence-electron chi connectivity index (χ4n) is 3.83. The number of halogens is 1. The molecule has 0 unspecified atom stereocenters. The molecule has 2 aromatic heterocycles. The summed E-state index contributed by atoms with van der Waals surface area (Å²) in [4.78, 5) is 26.3. The average molecular weight is 408 g/mol. The van der Waals surface area contributed by atoms with Crippen molar-refractivity contribution in [2.45, 2.75) is 0 Å². The van der Waals surface area contributed by atoms with Crippen molar-refractivity contribution in [1.29, 1.82) is 0 Å². The predicted octanol–water partition coefficient (Wildman–Crippen LogP) is 5.72. The van der Waals surface area contributed by atoms with E-state index in [2.05, 4.69) is 5.32 Å². The fourth-order valence-corrected chi connectivity index (χ4v) is 3.83. The van der Waals surface area contributed by atoms with Crippen LogP contribution in [0.5, 0.6) is 0 Å². The van der Waals surface area contributed by atoms with E-state index in [9.17, 15) is 14.0 Å². The molecule has 0 radical (unpaired) electrons. The maximum absolute atomic E-state index is 14.0. The molecule has 0 atom stereocenters. The van der Waals surface area contributed by atoms with Gasteiger partial charge in [0.2, 0.25) is 0 Å². The third-order valence-corrected chi connectivity index (χ3v) is 5.27. The number of anilines is 1. The number of nitrogens with one attached hydrogen (secondary N) is 1. The van der Waals surface area contributed by atoms with Gasteiger partial charge in [-0.3, -0.25) is 9.59 Å². The van der Waals surface area contributed by atoms with Gasteiger partial charge in [-0.2, -0.15) is 0 Å². The summed E-state index contributed by atoms with van der Waals surface area (Å²) in [5, 5.41) is 3.35. The van der Waals surface area contributed by atoms with Crippen LogP contribution in [-0.2, 0) is 4.79 Å². The largest absolute Gasteiger partial charge is 0.317 e. The molecule has 0 aliphatic rings. The lowest BCUT2D eigenvalue weighted by Crippen LogP contribution is -2.25. The van der Waals surface area contributed by atoms with E-state index in [4.69, 9.17) is 0 Å². The number of Topliss-reactive ketones (excluding diaryl/α,β-unsaturated/α-hetero) is 1. The van der Waals surface area contributed by atoms with E-state index in [0.29, 0.717) is 5.56 Å². The molecule has 0 fully saturated rings. The zero-order valence-electron chi connectivity index (χ0n) is 16.4. The highest BCUT2D eigenvalue weighted by atomic mass is 19.1. The van der Waals surface area contributed by atoms with E-state index < -0.39 is 17.5 Å². The quantitative estimate of drug-likeness (QED) is 0.305. The number of pyridine rings is 1. The van der Waals surface area contributed by atoms with Crippen LogP contribution < -0.4 is 5.32 Å². The van der Waals surface area contributed by atoms with Crippen LogP contribution in [0.1, 0.15) is 10.5 Å². The summed E-state index contributed by atoms with van der Waals surface area (Å²) < 4.78 is 15.8. The van der Waals surface area contributed by atoms with Gasteiger partial charge in [-0.15, -0.1) is 0 Å². The topological polar surface area (TPSA) is 50.6 Å². The number of ketones is 1. The highest BCUT2D eigenvalue weighted by molar-refractivity contribution is 6.47. The second-order valence-electron chi connectivity index (χ2n) is 7.19. The molecule has 1 N–H and O–H groups in total. The number of para-hydroxylation sites is 2. The second kappa shape index (κ2) is 7.54. The lowest BCUT2D eigenvalue weighted by atomic mass is 10.0. The number of hydrogen-bond donors (Lipinski definition) is 1. The molecular weight excluding hydrogens is 391 g/mol. The van der Waals surface area contributed by atoms with E-state index in [1.165, 1.54) is 18.2 Å². The Balaban J connectivity index is 1.72. The molecule has 5 heteroatoms. The van der Waals surface area contributed by atoms with Crippen molar-refractivity contribution in [2.75, 3.05) is 5.32 Å². The minimum atomic E-state index is -0.893. The summed E-state index contributed by atoms with van der Waals surface area (Å²) in [6, 6.07) is 28.6. The SMILES string of the molecule is O=C(Nc1ccccc1F)C(=O)c1c(-c2ccccc2)cc2ccc3ccccc3n12. The van der Waals surface area contributed by atoms with Gasteiger partial charge in [-0.1, -0.05) is 66.7 Å². The summed E-state index contributed by atoms with van der Waals surface area (Å²) >= 11 is 0. The van der Waals surface area contributed by atoms with Crippen LogP contribution in [0.2, 0.25) is 0 Å². The lowest BCUT2D eigenvalue weighted by molar-refractivity contribution is -0.112. The normalized spacial score (nSPS) is 11.0. The third kappa shape index (κ3) is 3.26. The Kier molecular flexibility index (Phi) is 4.56. The Bertz CT molecular complexity index is 1450. The molecule has 0 spiro atoms. The van der Waals surface area contributed by atoms with E-state index in [0.717, 1.165) is 22.0 Å². The van der Waals surface area contributed by atoms with E-state index >= 15 is 0 Å². The van der Waals surface area contributed by atoms with Crippen LogP contribution in [0, 0.1) is 5.82 Å². The van der Waals surface area contributed by atoms with Gasteiger partial charge >= 0.3 is 0 Å². The van der Waals surface area contributed by atoms with Crippen molar-refractivity contribution in [3.8, 4) is 11.1 Å². The maximum Gasteiger partial charge on any atom is 0.298 e. The molecule has 5 aromatic rings. The number of amides is 1. The number of rotatable bonds is 4. The van der Waals surface area contributed by atoms with Gasteiger partial charge in [0.15, 0.2) is 0 Å². The first-order valence-corrected chi connectivity index (χ1v) is 9.82. The van der Waals surface area contributed by atoms with Gasteiger partial charge in [-0.05, 0) is 41.3 Å². The monoisotopic (exact) mass is 408 g/mol. The summed E-state index contributed by atoms with van der Waals surface area (Å²) in [5.41, 5.74) is 3.27. The summed E-state index contributed by atoms with van der Waals surface area (Å²) in [5.74, 6) is -2.23. The molecule has 0 aliphatic carbocycles. The molecule has 2 heterocycles.